The zero-order chi connectivity index (χ0) is 20.0. The van der Waals surface area contributed by atoms with E-state index in [4.69, 9.17) is 4.74 Å². The number of benzene rings is 1. The normalized spacial score (nSPS) is 33.5. The SMILES string of the molecule is COc1ccccc1C(=O)N1CCCN(C(=O)C23CC4CC(CC(C4)C2)C3)CC1. The van der Waals surface area contributed by atoms with Crippen LogP contribution in [0.1, 0.15) is 55.3 Å². The van der Waals surface area contributed by atoms with Gasteiger partial charge in [-0.05, 0) is 74.8 Å². The molecule has 4 aliphatic carbocycles. The standard InChI is InChI=1S/C24H32N2O3/c1-29-21-6-3-2-5-20(21)22(27)25-7-4-8-26(10-9-25)23(28)24-14-17-11-18(15-24)13-19(12-17)16-24/h2-3,5-6,17-19H,4,7-16H2,1H3. The van der Waals surface area contributed by atoms with Gasteiger partial charge in [0.2, 0.25) is 5.91 Å². The Morgan fingerprint density at radius 1 is 0.897 bits per heavy atom. The summed E-state index contributed by atoms with van der Waals surface area (Å²) >= 11 is 0. The topological polar surface area (TPSA) is 49.9 Å². The third-order valence-electron chi connectivity index (χ3n) is 7.90. The maximum atomic E-state index is 13.7. The minimum absolute atomic E-state index is 0.00607. The third-order valence-corrected chi connectivity index (χ3v) is 7.90. The number of carbonyl (C=O) groups is 2. The summed E-state index contributed by atoms with van der Waals surface area (Å²) in [5.74, 6) is 3.35. The lowest BCUT2D eigenvalue weighted by molar-refractivity contribution is -0.157. The first-order valence-electron chi connectivity index (χ1n) is 11.3. The van der Waals surface area contributed by atoms with Gasteiger partial charge in [-0.1, -0.05) is 12.1 Å². The lowest BCUT2D eigenvalue weighted by Crippen LogP contribution is -2.55. The van der Waals surface area contributed by atoms with Crippen LogP contribution in [0.3, 0.4) is 0 Å². The van der Waals surface area contributed by atoms with Crippen molar-refractivity contribution in [2.45, 2.75) is 44.9 Å². The molecule has 2 amide bonds. The molecule has 1 aliphatic heterocycles. The van der Waals surface area contributed by atoms with Crippen molar-refractivity contribution >= 4 is 11.8 Å². The van der Waals surface area contributed by atoms with E-state index >= 15 is 0 Å². The number of rotatable bonds is 3. The van der Waals surface area contributed by atoms with E-state index in [1.807, 2.05) is 29.2 Å². The molecular formula is C24H32N2O3. The number of nitrogens with zero attached hydrogens (tertiary/aromatic N) is 2. The van der Waals surface area contributed by atoms with Crippen LogP contribution in [0.5, 0.6) is 5.75 Å². The van der Waals surface area contributed by atoms with Crippen molar-refractivity contribution in [1.82, 2.24) is 9.80 Å². The van der Waals surface area contributed by atoms with Crippen LogP contribution in [0.25, 0.3) is 0 Å². The Balaban J connectivity index is 1.28. The molecule has 0 spiro atoms. The van der Waals surface area contributed by atoms with E-state index in [9.17, 15) is 9.59 Å². The van der Waals surface area contributed by atoms with E-state index in [0.717, 1.165) is 50.0 Å². The number of amides is 2. The van der Waals surface area contributed by atoms with Gasteiger partial charge in [0.25, 0.3) is 5.91 Å². The average molecular weight is 397 g/mol. The molecule has 156 valence electrons. The first-order chi connectivity index (χ1) is 14.1. The highest BCUT2D eigenvalue weighted by Crippen LogP contribution is 2.60. The summed E-state index contributed by atoms with van der Waals surface area (Å²) in [5, 5.41) is 0. The van der Waals surface area contributed by atoms with E-state index in [-0.39, 0.29) is 11.3 Å². The lowest BCUT2D eigenvalue weighted by Gasteiger charge is -2.56. The molecule has 5 heteroatoms. The summed E-state index contributed by atoms with van der Waals surface area (Å²) in [7, 11) is 1.60. The van der Waals surface area contributed by atoms with Crippen LogP contribution in [0.2, 0.25) is 0 Å². The maximum Gasteiger partial charge on any atom is 0.257 e. The molecule has 1 heterocycles. The van der Waals surface area contributed by atoms with Crippen molar-refractivity contribution in [2.75, 3.05) is 33.3 Å². The second-order valence-electron chi connectivity index (χ2n) is 9.84. The van der Waals surface area contributed by atoms with E-state index in [1.165, 1.54) is 19.3 Å². The number of carbonyl (C=O) groups excluding carboxylic acids is 2. The van der Waals surface area contributed by atoms with Gasteiger partial charge in [-0.2, -0.15) is 0 Å². The Hall–Kier alpha value is -2.04. The minimum atomic E-state index is -0.0867. The summed E-state index contributed by atoms with van der Waals surface area (Å²) in [6.07, 6.45) is 8.24. The van der Waals surface area contributed by atoms with E-state index in [0.29, 0.717) is 36.9 Å². The van der Waals surface area contributed by atoms with Crippen LogP contribution in [0.4, 0.5) is 0 Å². The molecule has 1 saturated heterocycles. The molecule has 0 aromatic heterocycles. The number of hydrogen-bond acceptors (Lipinski definition) is 3. The Kier molecular flexibility index (Phi) is 4.79. The first kappa shape index (κ1) is 19.0. The number of methoxy groups -OCH3 is 1. The Morgan fingerprint density at radius 2 is 1.48 bits per heavy atom. The molecule has 0 unspecified atom stereocenters. The maximum absolute atomic E-state index is 13.7. The second-order valence-corrected chi connectivity index (χ2v) is 9.84. The molecule has 5 nitrogen and oxygen atoms in total. The Labute approximate surface area is 173 Å². The lowest BCUT2D eigenvalue weighted by atomic mass is 9.49. The fourth-order valence-electron chi connectivity index (χ4n) is 7.02. The zero-order valence-corrected chi connectivity index (χ0v) is 17.4. The molecule has 0 N–H and O–H groups in total. The highest BCUT2D eigenvalue weighted by Gasteiger charge is 2.55. The second kappa shape index (κ2) is 7.33. The van der Waals surface area contributed by atoms with Crippen molar-refractivity contribution < 1.29 is 14.3 Å². The van der Waals surface area contributed by atoms with Gasteiger partial charge in [-0.15, -0.1) is 0 Å². The fraction of sp³-hybridized carbons (Fsp3) is 0.667. The average Bonchev–Trinajstić information content (AvgIpc) is 2.98. The van der Waals surface area contributed by atoms with Crippen LogP contribution >= 0.6 is 0 Å². The van der Waals surface area contributed by atoms with E-state index in [2.05, 4.69) is 4.90 Å². The predicted molar refractivity (Wildman–Crippen MR) is 111 cm³/mol. The van der Waals surface area contributed by atoms with Gasteiger partial charge in [-0.25, -0.2) is 0 Å². The molecule has 29 heavy (non-hydrogen) atoms. The summed E-state index contributed by atoms with van der Waals surface area (Å²) in [4.78, 5) is 30.7. The third kappa shape index (κ3) is 3.32. The number of ether oxygens (including phenoxy) is 1. The fourth-order valence-corrected chi connectivity index (χ4v) is 7.02. The molecule has 1 aromatic carbocycles. The van der Waals surface area contributed by atoms with E-state index < -0.39 is 0 Å². The van der Waals surface area contributed by atoms with Crippen LogP contribution in [0, 0.1) is 23.2 Å². The monoisotopic (exact) mass is 396 g/mol. The molecule has 5 fully saturated rings. The molecule has 6 rings (SSSR count). The summed E-state index contributed by atoms with van der Waals surface area (Å²) in [6, 6.07) is 7.40. The highest BCUT2D eigenvalue weighted by molar-refractivity contribution is 5.97. The van der Waals surface area contributed by atoms with Gasteiger partial charge in [0, 0.05) is 26.2 Å². The molecule has 4 saturated carbocycles. The molecule has 0 radical (unpaired) electrons. The molecule has 4 bridgehead atoms. The molecule has 0 atom stereocenters. The summed E-state index contributed by atoms with van der Waals surface area (Å²) < 4.78 is 5.37. The highest BCUT2D eigenvalue weighted by atomic mass is 16.5. The number of para-hydroxylation sites is 1. The van der Waals surface area contributed by atoms with Gasteiger partial charge in [0.05, 0.1) is 18.1 Å². The van der Waals surface area contributed by atoms with Crippen molar-refractivity contribution in [3.8, 4) is 5.75 Å². The van der Waals surface area contributed by atoms with Gasteiger partial charge in [0.15, 0.2) is 0 Å². The molecule has 5 aliphatic rings. The van der Waals surface area contributed by atoms with Gasteiger partial charge in [0.1, 0.15) is 5.75 Å². The summed E-state index contributed by atoms with van der Waals surface area (Å²) in [6.45, 7) is 2.73. The largest absolute Gasteiger partial charge is 0.496 e. The molecular weight excluding hydrogens is 364 g/mol. The Bertz CT molecular complexity index is 770. The molecule has 1 aromatic rings. The van der Waals surface area contributed by atoms with Crippen molar-refractivity contribution in [3.63, 3.8) is 0 Å². The first-order valence-corrected chi connectivity index (χ1v) is 11.3. The summed E-state index contributed by atoms with van der Waals surface area (Å²) in [5.41, 5.74) is 0.521. The van der Waals surface area contributed by atoms with Gasteiger partial charge in [-0.3, -0.25) is 9.59 Å². The van der Waals surface area contributed by atoms with Gasteiger partial charge < -0.3 is 14.5 Å². The van der Waals surface area contributed by atoms with E-state index in [1.54, 1.807) is 7.11 Å². The predicted octanol–water partition coefficient (Wildman–Crippen LogP) is 3.59. The van der Waals surface area contributed by atoms with Crippen molar-refractivity contribution in [3.05, 3.63) is 29.8 Å². The minimum Gasteiger partial charge on any atom is -0.496 e. The van der Waals surface area contributed by atoms with Crippen molar-refractivity contribution in [2.24, 2.45) is 23.2 Å². The van der Waals surface area contributed by atoms with Crippen LogP contribution in [-0.4, -0.2) is 54.9 Å². The number of hydrogen-bond donors (Lipinski definition) is 0. The van der Waals surface area contributed by atoms with Crippen molar-refractivity contribution in [1.29, 1.82) is 0 Å². The Morgan fingerprint density at radius 3 is 2.14 bits per heavy atom. The van der Waals surface area contributed by atoms with Crippen LogP contribution in [0.15, 0.2) is 24.3 Å². The zero-order valence-electron chi connectivity index (χ0n) is 17.4. The smallest absolute Gasteiger partial charge is 0.257 e. The quantitative estimate of drug-likeness (QED) is 0.785. The van der Waals surface area contributed by atoms with Crippen LogP contribution < -0.4 is 4.74 Å². The van der Waals surface area contributed by atoms with Gasteiger partial charge >= 0.3 is 0 Å². The van der Waals surface area contributed by atoms with Crippen LogP contribution in [-0.2, 0) is 4.79 Å².